The highest BCUT2D eigenvalue weighted by Crippen LogP contribution is 2.08. The smallest absolute Gasteiger partial charge is 0.152 e. The molecule has 0 bridgehead atoms. The second kappa shape index (κ2) is 3.86. The van der Waals surface area contributed by atoms with Gasteiger partial charge in [-0.05, 0) is 31.0 Å². The highest BCUT2D eigenvalue weighted by molar-refractivity contribution is 5.91. The number of benzene rings is 1. The zero-order chi connectivity index (χ0) is 9.68. The van der Waals surface area contributed by atoms with Crippen LogP contribution < -0.4 is 0 Å². The van der Waals surface area contributed by atoms with Gasteiger partial charge in [-0.25, -0.2) is 0 Å². The van der Waals surface area contributed by atoms with Crippen LogP contribution in [0.25, 0.3) is 6.08 Å². The molecule has 0 aromatic heterocycles. The largest absolute Gasteiger partial charge is 0.295 e. The number of aryl methyl sites for hydroxylation is 1. The molecule has 0 saturated heterocycles. The van der Waals surface area contributed by atoms with E-state index in [4.69, 9.17) is 1.37 Å². The molecule has 0 aliphatic heterocycles. The van der Waals surface area contributed by atoms with Gasteiger partial charge < -0.3 is 0 Å². The van der Waals surface area contributed by atoms with Gasteiger partial charge in [-0.2, -0.15) is 0 Å². The lowest BCUT2D eigenvalue weighted by Gasteiger charge is -1.96. The Morgan fingerprint density at radius 1 is 1.50 bits per heavy atom. The standard InChI is InChI=1S/C11H12O/c1-9-5-3-4-6-11(9)8-7-10(2)12/h3-8H,1-2H3/b8-7+/i2D. The number of rotatable bonds is 2. The number of carbonyl (C=O) groups is 1. The molecule has 1 aromatic carbocycles. The Bertz CT molecular complexity index is 329. The fraction of sp³-hybridized carbons (Fsp3) is 0.182. The van der Waals surface area contributed by atoms with E-state index in [1.807, 2.05) is 31.2 Å². The van der Waals surface area contributed by atoms with Crippen LogP contribution >= 0.6 is 0 Å². The maximum atomic E-state index is 10.8. The van der Waals surface area contributed by atoms with Crippen molar-refractivity contribution in [1.82, 2.24) is 0 Å². The predicted octanol–water partition coefficient (Wildman–Crippen LogP) is 2.60. The number of carbonyl (C=O) groups excluding carboxylic acids is 1. The van der Waals surface area contributed by atoms with Gasteiger partial charge in [0.05, 0.1) is 0 Å². The van der Waals surface area contributed by atoms with Gasteiger partial charge in [0.1, 0.15) is 0 Å². The van der Waals surface area contributed by atoms with E-state index in [1.165, 1.54) is 6.08 Å². The molecule has 0 N–H and O–H groups in total. The molecule has 0 spiro atoms. The van der Waals surface area contributed by atoms with Crippen LogP contribution in [0.4, 0.5) is 0 Å². The lowest BCUT2D eigenvalue weighted by atomic mass is 10.1. The third-order valence-corrected chi connectivity index (χ3v) is 1.64. The fourth-order valence-electron chi connectivity index (χ4n) is 0.957. The van der Waals surface area contributed by atoms with Crippen LogP contribution in [0.5, 0.6) is 0 Å². The molecular weight excluding hydrogens is 148 g/mol. The third kappa shape index (κ3) is 2.35. The quantitative estimate of drug-likeness (QED) is 0.609. The van der Waals surface area contributed by atoms with Gasteiger partial charge in [-0.1, -0.05) is 30.3 Å². The first-order valence-corrected chi connectivity index (χ1v) is 3.80. The van der Waals surface area contributed by atoms with Gasteiger partial charge in [0, 0.05) is 1.37 Å². The van der Waals surface area contributed by atoms with E-state index in [2.05, 4.69) is 0 Å². The van der Waals surface area contributed by atoms with Crippen LogP contribution in [-0.2, 0) is 4.79 Å². The Balaban J connectivity index is 2.80. The summed E-state index contributed by atoms with van der Waals surface area (Å²) in [5.41, 5.74) is 2.17. The van der Waals surface area contributed by atoms with Crippen molar-refractivity contribution in [3.63, 3.8) is 0 Å². The summed E-state index contributed by atoms with van der Waals surface area (Å²) in [5.74, 6) is -0.164. The monoisotopic (exact) mass is 161 g/mol. The zero-order valence-corrected chi connectivity index (χ0v) is 7.08. The molecule has 0 radical (unpaired) electrons. The Kier molecular flexibility index (Phi) is 2.34. The molecule has 1 nitrogen and oxygen atoms in total. The summed E-state index contributed by atoms with van der Waals surface area (Å²) in [4.78, 5) is 10.8. The van der Waals surface area contributed by atoms with E-state index < -0.39 is 0 Å². The molecule has 1 rings (SSSR count). The zero-order valence-electron chi connectivity index (χ0n) is 8.08. The van der Waals surface area contributed by atoms with Gasteiger partial charge in [0.2, 0.25) is 0 Å². The van der Waals surface area contributed by atoms with Crippen molar-refractivity contribution in [1.29, 1.82) is 0 Å². The van der Waals surface area contributed by atoms with Crippen LogP contribution in [0, 0.1) is 6.92 Å². The second-order valence-corrected chi connectivity index (χ2v) is 2.66. The molecule has 0 unspecified atom stereocenters. The molecular formula is C11H12O. The Hall–Kier alpha value is -1.37. The normalized spacial score (nSPS) is 11.6. The van der Waals surface area contributed by atoms with Gasteiger partial charge in [0.25, 0.3) is 0 Å². The molecule has 0 heterocycles. The van der Waals surface area contributed by atoms with Crippen LogP contribution in [0.15, 0.2) is 30.3 Å². The minimum absolute atomic E-state index is 0.164. The first-order chi connectivity index (χ1) is 6.24. The van der Waals surface area contributed by atoms with Crippen molar-refractivity contribution in [2.45, 2.75) is 13.8 Å². The SMILES string of the molecule is [2H]CC(=O)/C=C/c1ccccc1C. The number of ketones is 1. The summed E-state index contributed by atoms with van der Waals surface area (Å²) in [6.07, 6.45) is 3.21. The maximum Gasteiger partial charge on any atom is 0.152 e. The van der Waals surface area contributed by atoms with Crippen LogP contribution in [0.3, 0.4) is 0 Å². The Morgan fingerprint density at radius 3 is 2.92 bits per heavy atom. The van der Waals surface area contributed by atoms with E-state index in [9.17, 15) is 4.79 Å². The average Bonchev–Trinajstić information content (AvgIpc) is 2.16. The molecule has 0 fully saturated rings. The van der Waals surface area contributed by atoms with Crippen molar-refractivity contribution in [3.05, 3.63) is 41.5 Å². The van der Waals surface area contributed by atoms with E-state index in [-0.39, 0.29) is 12.7 Å². The van der Waals surface area contributed by atoms with Gasteiger partial charge in [0.15, 0.2) is 5.78 Å². The molecule has 0 atom stereocenters. The van der Waals surface area contributed by atoms with Crippen molar-refractivity contribution >= 4 is 11.9 Å². The number of allylic oxidation sites excluding steroid dienone is 1. The van der Waals surface area contributed by atoms with E-state index >= 15 is 0 Å². The topological polar surface area (TPSA) is 17.1 Å². The minimum atomic E-state index is -0.178. The summed E-state index contributed by atoms with van der Waals surface area (Å²) < 4.78 is 6.83. The molecule has 0 amide bonds. The minimum Gasteiger partial charge on any atom is -0.295 e. The summed E-state index contributed by atoms with van der Waals surface area (Å²) in [5, 5.41) is 0. The highest BCUT2D eigenvalue weighted by atomic mass is 16.1. The van der Waals surface area contributed by atoms with Gasteiger partial charge in [-0.3, -0.25) is 4.79 Å². The first-order valence-electron chi connectivity index (χ1n) is 4.50. The number of hydrogen-bond donors (Lipinski definition) is 0. The molecule has 1 aromatic rings. The fourth-order valence-corrected chi connectivity index (χ4v) is 0.957. The highest BCUT2D eigenvalue weighted by Gasteiger charge is 1.90. The van der Waals surface area contributed by atoms with E-state index in [0.29, 0.717) is 0 Å². The lowest BCUT2D eigenvalue weighted by molar-refractivity contribution is -0.112. The molecule has 0 aliphatic rings. The van der Waals surface area contributed by atoms with Crippen molar-refractivity contribution < 1.29 is 6.17 Å². The third-order valence-electron chi connectivity index (χ3n) is 1.64. The van der Waals surface area contributed by atoms with Gasteiger partial charge in [-0.15, -0.1) is 0 Å². The van der Waals surface area contributed by atoms with Gasteiger partial charge >= 0.3 is 0 Å². The van der Waals surface area contributed by atoms with Crippen LogP contribution in [0.2, 0.25) is 0 Å². The van der Waals surface area contributed by atoms with Crippen molar-refractivity contribution in [2.24, 2.45) is 0 Å². The predicted molar refractivity (Wildman–Crippen MR) is 50.9 cm³/mol. The Morgan fingerprint density at radius 2 is 2.25 bits per heavy atom. The van der Waals surface area contributed by atoms with Crippen molar-refractivity contribution in [2.75, 3.05) is 0 Å². The summed E-state index contributed by atoms with van der Waals surface area (Å²) in [7, 11) is 0. The average molecular weight is 161 g/mol. The second-order valence-electron chi connectivity index (χ2n) is 2.66. The summed E-state index contributed by atoms with van der Waals surface area (Å²) >= 11 is 0. The van der Waals surface area contributed by atoms with Crippen LogP contribution in [0.1, 0.15) is 19.4 Å². The van der Waals surface area contributed by atoms with E-state index in [0.717, 1.165) is 11.1 Å². The van der Waals surface area contributed by atoms with Crippen molar-refractivity contribution in [3.8, 4) is 0 Å². The molecule has 0 saturated carbocycles. The number of hydrogen-bond acceptors (Lipinski definition) is 1. The Labute approximate surface area is 74.1 Å². The lowest BCUT2D eigenvalue weighted by Crippen LogP contribution is -1.82. The molecule has 0 aliphatic carbocycles. The maximum absolute atomic E-state index is 10.8. The molecule has 12 heavy (non-hydrogen) atoms. The summed E-state index contributed by atoms with van der Waals surface area (Å²) in [6.45, 7) is 1.81. The van der Waals surface area contributed by atoms with E-state index in [1.54, 1.807) is 6.08 Å². The molecule has 62 valence electrons. The first kappa shape index (κ1) is 7.29. The molecule has 1 heteroatoms. The van der Waals surface area contributed by atoms with Crippen LogP contribution in [-0.4, -0.2) is 5.78 Å². The summed E-state index contributed by atoms with van der Waals surface area (Å²) in [6, 6.07) is 7.82.